The molecule has 0 bridgehead atoms. The minimum absolute atomic E-state index is 0.0673. The van der Waals surface area contributed by atoms with E-state index in [9.17, 15) is 24.5 Å². The van der Waals surface area contributed by atoms with Crippen molar-refractivity contribution in [2.24, 2.45) is 0 Å². The summed E-state index contributed by atoms with van der Waals surface area (Å²) in [5, 5.41) is 14.7. The Morgan fingerprint density at radius 3 is 2.79 bits per heavy atom. The number of aromatic nitrogens is 1. The lowest BCUT2D eigenvalue weighted by Crippen LogP contribution is -2.47. The molecule has 1 aromatic heterocycles. The summed E-state index contributed by atoms with van der Waals surface area (Å²) < 4.78 is 4.56. The van der Waals surface area contributed by atoms with E-state index in [-0.39, 0.29) is 23.3 Å². The molecule has 12 heteroatoms. The fourth-order valence-electron chi connectivity index (χ4n) is 1.41. The van der Waals surface area contributed by atoms with Crippen LogP contribution in [0.5, 0.6) is 0 Å². The predicted octanol–water partition coefficient (Wildman–Crippen LogP) is 1.03. The van der Waals surface area contributed by atoms with Crippen LogP contribution in [0.3, 0.4) is 0 Å². The molecule has 0 radical (unpaired) electrons. The van der Waals surface area contributed by atoms with Gasteiger partial charge in [0.25, 0.3) is 0 Å². The molecule has 2 N–H and O–H groups in total. The fraction of sp³-hybridized carbons (Fsp3) is 0.333. The van der Waals surface area contributed by atoms with Crippen molar-refractivity contribution in [3.63, 3.8) is 0 Å². The van der Waals surface area contributed by atoms with Gasteiger partial charge in [0.05, 0.1) is 11.5 Å². The van der Waals surface area contributed by atoms with Crippen LogP contribution in [0, 0.1) is 10.1 Å². The van der Waals surface area contributed by atoms with Gasteiger partial charge in [-0.15, -0.1) is 6.58 Å². The molecule has 11 nitrogen and oxygen atoms in total. The van der Waals surface area contributed by atoms with Gasteiger partial charge in [-0.1, -0.05) is 6.08 Å². The quantitative estimate of drug-likeness (QED) is 0.421. The normalized spacial score (nSPS) is 9.71. The molecule has 0 aliphatic rings. The SMILES string of the molecule is C=CCNC(=O)N(CC(=O)NC(=O)OCC)c1ncc([N+](=O)[O-])s1. The number of amides is 4. The average Bonchev–Trinajstić information content (AvgIpc) is 3.00. The van der Waals surface area contributed by atoms with Gasteiger partial charge in [0, 0.05) is 6.54 Å². The molecule has 1 heterocycles. The summed E-state index contributed by atoms with van der Waals surface area (Å²) in [5.41, 5.74) is 0. The Labute approximate surface area is 140 Å². The number of carbonyl (C=O) groups is 3. The van der Waals surface area contributed by atoms with Crippen LogP contribution in [0.4, 0.5) is 19.7 Å². The van der Waals surface area contributed by atoms with Gasteiger partial charge in [0.2, 0.25) is 5.91 Å². The molecule has 0 fully saturated rings. The molecular formula is C12H15N5O6S. The minimum Gasteiger partial charge on any atom is -0.450 e. The molecule has 1 rings (SSSR count). The molecular weight excluding hydrogens is 342 g/mol. The van der Waals surface area contributed by atoms with E-state index in [0.29, 0.717) is 11.3 Å². The van der Waals surface area contributed by atoms with Crippen molar-refractivity contribution in [2.75, 3.05) is 24.6 Å². The summed E-state index contributed by atoms with van der Waals surface area (Å²) in [6.45, 7) is 4.61. The van der Waals surface area contributed by atoms with Gasteiger partial charge in [-0.05, 0) is 18.3 Å². The molecule has 0 spiro atoms. The topological polar surface area (TPSA) is 144 Å². The lowest BCUT2D eigenvalue weighted by Gasteiger charge is -2.18. The third-order valence-electron chi connectivity index (χ3n) is 2.35. The number of ether oxygens (including phenoxy) is 1. The molecule has 24 heavy (non-hydrogen) atoms. The van der Waals surface area contributed by atoms with Crippen LogP contribution in [0.25, 0.3) is 0 Å². The molecule has 130 valence electrons. The highest BCUT2D eigenvalue weighted by Gasteiger charge is 2.25. The average molecular weight is 357 g/mol. The van der Waals surface area contributed by atoms with Crippen molar-refractivity contribution in [2.45, 2.75) is 6.92 Å². The zero-order valence-corrected chi connectivity index (χ0v) is 13.5. The number of hydrogen-bond donors (Lipinski definition) is 2. The van der Waals surface area contributed by atoms with Gasteiger partial charge in [-0.3, -0.25) is 25.1 Å². The fourth-order valence-corrected chi connectivity index (χ4v) is 2.14. The second-order valence-electron chi connectivity index (χ2n) is 4.07. The number of carbonyl (C=O) groups excluding carboxylic acids is 3. The van der Waals surface area contributed by atoms with Crippen LogP contribution < -0.4 is 15.5 Å². The number of nitrogens with one attached hydrogen (secondary N) is 2. The summed E-state index contributed by atoms with van der Waals surface area (Å²) in [6, 6.07) is -0.724. The summed E-state index contributed by atoms with van der Waals surface area (Å²) in [5.74, 6) is -0.833. The van der Waals surface area contributed by atoms with Crippen molar-refractivity contribution in [3.05, 3.63) is 29.0 Å². The van der Waals surface area contributed by atoms with Crippen molar-refractivity contribution >= 4 is 39.5 Å². The molecule has 4 amide bonds. The Morgan fingerprint density at radius 2 is 2.25 bits per heavy atom. The van der Waals surface area contributed by atoms with Crippen LogP contribution in [0.2, 0.25) is 0 Å². The third kappa shape index (κ3) is 5.64. The van der Waals surface area contributed by atoms with E-state index >= 15 is 0 Å². The van der Waals surface area contributed by atoms with E-state index < -0.39 is 29.5 Å². The molecule has 0 aliphatic carbocycles. The van der Waals surface area contributed by atoms with E-state index in [1.807, 2.05) is 5.32 Å². The lowest BCUT2D eigenvalue weighted by molar-refractivity contribution is -0.380. The van der Waals surface area contributed by atoms with Crippen LogP contribution in [-0.2, 0) is 9.53 Å². The first-order valence-electron chi connectivity index (χ1n) is 6.62. The van der Waals surface area contributed by atoms with Gasteiger partial charge in [-0.25, -0.2) is 14.6 Å². The first kappa shape index (κ1) is 19.0. The van der Waals surface area contributed by atoms with Gasteiger partial charge >= 0.3 is 17.1 Å². The zero-order chi connectivity index (χ0) is 18.1. The number of rotatable bonds is 7. The highest BCUT2D eigenvalue weighted by atomic mass is 32.1. The van der Waals surface area contributed by atoms with Crippen LogP contribution in [-0.4, -0.2) is 47.6 Å². The summed E-state index contributed by atoms with van der Waals surface area (Å²) in [6.07, 6.45) is 1.43. The van der Waals surface area contributed by atoms with E-state index in [1.54, 1.807) is 6.92 Å². The lowest BCUT2D eigenvalue weighted by atomic mass is 10.5. The highest BCUT2D eigenvalue weighted by molar-refractivity contribution is 7.18. The number of nitro groups is 1. The van der Waals surface area contributed by atoms with Crippen LogP contribution in [0.15, 0.2) is 18.9 Å². The van der Waals surface area contributed by atoms with Crippen molar-refractivity contribution < 1.29 is 24.0 Å². The second-order valence-corrected chi connectivity index (χ2v) is 5.06. The summed E-state index contributed by atoms with van der Waals surface area (Å²) in [4.78, 5) is 49.8. The van der Waals surface area contributed by atoms with Crippen LogP contribution in [0.1, 0.15) is 6.92 Å². The van der Waals surface area contributed by atoms with Gasteiger partial charge in [0.15, 0.2) is 5.13 Å². The molecule has 0 atom stereocenters. The highest BCUT2D eigenvalue weighted by Crippen LogP contribution is 2.28. The Balaban J connectivity index is 2.90. The Hall–Kier alpha value is -3.02. The summed E-state index contributed by atoms with van der Waals surface area (Å²) in [7, 11) is 0. The molecule has 0 unspecified atom stereocenters. The first-order valence-corrected chi connectivity index (χ1v) is 7.43. The van der Waals surface area contributed by atoms with Crippen molar-refractivity contribution in [1.82, 2.24) is 15.6 Å². The van der Waals surface area contributed by atoms with Crippen molar-refractivity contribution in [1.29, 1.82) is 0 Å². The van der Waals surface area contributed by atoms with E-state index in [0.717, 1.165) is 11.1 Å². The van der Waals surface area contributed by atoms with Gasteiger partial charge in [0.1, 0.15) is 12.7 Å². The van der Waals surface area contributed by atoms with Gasteiger partial charge in [-0.2, -0.15) is 0 Å². The number of urea groups is 1. The largest absolute Gasteiger partial charge is 0.450 e. The van der Waals surface area contributed by atoms with E-state index in [2.05, 4.69) is 21.6 Å². The number of imide groups is 1. The van der Waals surface area contributed by atoms with Crippen LogP contribution >= 0.6 is 11.3 Å². The second kappa shape index (κ2) is 9.19. The monoisotopic (exact) mass is 357 g/mol. The Morgan fingerprint density at radius 1 is 1.54 bits per heavy atom. The molecule has 0 saturated heterocycles. The molecule has 0 aromatic carbocycles. The Bertz CT molecular complexity index is 646. The number of alkyl carbamates (subject to hydrolysis) is 1. The smallest absolute Gasteiger partial charge is 0.413 e. The number of hydrogen-bond acceptors (Lipinski definition) is 8. The molecule has 1 aromatic rings. The standard InChI is InChI=1S/C12H15N5O6S/c1-3-5-13-10(19)16(7-8(18)15-12(20)23-4-2)11-14-6-9(24-11)17(21)22/h3,6H,1,4-5,7H2,2H3,(H,13,19)(H,15,18,20). The van der Waals surface area contributed by atoms with Crippen molar-refractivity contribution in [3.8, 4) is 0 Å². The predicted molar refractivity (Wildman–Crippen MR) is 84.9 cm³/mol. The minimum atomic E-state index is -0.959. The number of thiazole rings is 1. The van der Waals surface area contributed by atoms with Gasteiger partial charge < -0.3 is 10.1 Å². The first-order chi connectivity index (χ1) is 11.4. The Kier molecular flexibility index (Phi) is 7.29. The maximum absolute atomic E-state index is 12.1. The third-order valence-corrected chi connectivity index (χ3v) is 3.33. The number of anilines is 1. The zero-order valence-electron chi connectivity index (χ0n) is 12.7. The van der Waals surface area contributed by atoms with E-state index in [1.165, 1.54) is 6.08 Å². The molecule has 0 aliphatic heterocycles. The van der Waals surface area contributed by atoms with E-state index in [4.69, 9.17) is 0 Å². The summed E-state index contributed by atoms with van der Waals surface area (Å²) >= 11 is 0.615. The maximum Gasteiger partial charge on any atom is 0.413 e. The molecule has 0 saturated carbocycles. The maximum atomic E-state index is 12.1. The number of nitrogens with zero attached hydrogens (tertiary/aromatic N) is 3.